The number of amides is 1. The third-order valence-electron chi connectivity index (χ3n) is 4.43. The molecule has 0 aliphatic heterocycles. The van der Waals surface area contributed by atoms with Gasteiger partial charge in [-0.15, -0.1) is 0 Å². The number of nitrogens with one attached hydrogen (secondary N) is 2. The van der Waals surface area contributed by atoms with E-state index < -0.39 is 41.5 Å². The Hall–Kier alpha value is -3.75. The number of carboxylic acids is 1. The van der Waals surface area contributed by atoms with E-state index in [1.165, 1.54) is 43.3 Å². The second-order valence-electron chi connectivity index (χ2n) is 6.37. The molecule has 0 saturated carbocycles. The lowest BCUT2D eigenvalue weighted by molar-refractivity contribution is -0.137. The third kappa shape index (κ3) is 4.23. The molecular formula is C20H17F2N3O4. The Morgan fingerprint density at radius 1 is 1.14 bits per heavy atom. The number of carbonyl (C=O) groups excluding carboxylic acids is 1. The molecule has 9 heteroatoms. The fourth-order valence-corrected chi connectivity index (χ4v) is 2.98. The van der Waals surface area contributed by atoms with Gasteiger partial charge in [0.1, 0.15) is 23.0 Å². The molecule has 3 aromatic rings. The Bertz CT molecular complexity index is 1140. The Labute approximate surface area is 163 Å². The normalized spacial score (nSPS) is 11.8. The van der Waals surface area contributed by atoms with E-state index in [1.807, 2.05) is 0 Å². The average Bonchev–Trinajstić information content (AvgIpc) is 3.05. The number of H-pyrrole nitrogens is 1. The van der Waals surface area contributed by atoms with Crippen LogP contribution in [0.4, 0.5) is 8.78 Å². The Morgan fingerprint density at radius 3 is 2.52 bits per heavy atom. The van der Waals surface area contributed by atoms with Crippen molar-refractivity contribution in [1.82, 2.24) is 15.1 Å². The van der Waals surface area contributed by atoms with Gasteiger partial charge >= 0.3 is 5.97 Å². The molecule has 0 fully saturated rings. The molecule has 1 aromatic heterocycles. The van der Waals surface area contributed by atoms with Crippen molar-refractivity contribution in [2.45, 2.75) is 19.4 Å². The molecule has 0 aliphatic rings. The monoisotopic (exact) mass is 401 g/mol. The molecule has 0 aliphatic carbocycles. The Kier molecular flexibility index (Phi) is 5.58. The molecule has 0 spiro atoms. The maximum absolute atomic E-state index is 13.9. The summed E-state index contributed by atoms with van der Waals surface area (Å²) in [5, 5.41) is 14.2. The summed E-state index contributed by atoms with van der Waals surface area (Å²) in [4.78, 5) is 36.0. The minimum absolute atomic E-state index is 0.0698. The number of aliphatic carboxylic acids is 1. The van der Waals surface area contributed by atoms with Crippen LogP contribution in [0.25, 0.3) is 5.69 Å². The molecule has 0 radical (unpaired) electrons. The zero-order valence-corrected chi connectivity index (χ0v) is 15.3. The van der Waals surface area contributed by atoms with Gasteiger partial charge in [-0.25, -0.2) is 13.5 Å². The van der Waals surface area contributed by atoms with E-state index in [9.17, 15) is 23.2 Å². The maximum Gasteiger partial charge on any atom is 0.305 e. The fraction of sp³-hybridized carbons (Fsp3) is 0.150. The Balaban J connectivity index is 1.92. The number of benzene rings is 2. The highest BCUT2D eigenvalue weighted by Crippen LogP contribution is 2.23. The molecule has 3 N–H and O–H groups in total. The summed E-state index contributed by atoms with van der Waals surface area (Å²) in [6.45, 7) is 1.47. The van der Waals surface area contributed by atoms with E-state index in [0.717, 1.165) is 16.8 Å². The topological polar surface area (TPSA) is 104 Å². The number of nitrogens with zero attached hydrogens (tertiary/aromatic N) is 1. The van der Waals surface area contributed by atoms with Crippen LogP contribution in [-0.4, -0.2) is 26.8 Å². The lowest BCUT2D eigenvalue weighted by Crippen LogP contribution is -2.31. The molecule has 1 atom stereocenters. The van der Waals surface area contributed by atoms with Crippen LogP contribution in [0, 0.1) is 18.6 Å². The first kappa shape index (κ1) is 20.0. The molecule has 150 valence electrons. The predicted molar refractivity (Wildman–Crippen MR) is 99.9 cm³/mol. The van der Waals surface area contributed by atoms with Crippen molar-refractivity contribution in [3.63, 3.8) is 0 Å². The zero-order valence-electron chi connectivity index (χ0n) is 15.3. The van der Waals surface area contributed by atoms with Gasteiger partial charge in [-0.05, 0) is 36.2 Å². The van der Waals surface area contributed by atoms with E-state index in [2.05, 4.69) is 10.4 Å². The third-order valence-corrected chi connectivity index (χ3v) is 4.43. The molecule has 3 rings (SSSR count). The standard InChI is InChI=1S/C20H17F2N3O4/c1-11-12(5-4-7-13(11)21)15(10-19(27)28)23-20(29)16-9-18(26)25(24-16)17-8-3-2-6-14(17)22/h2-9,15,24H,10H2,1H3,(H,23,29)(H,27,28). The Morgan fingerprint density at radius 2 is 1.83 bits per heavy atom. The molecule has 0 saturated heterocycles. The van der Waals surface area contributed by atoms with Gasteiger partial charge in [0.2, 0.25) is 0 Å². The van der Waals surface area contributed by atoms with E-state index in [4.69, 9.17) is 5.11 Å². The number of hydrogen-bond donors (Lipinski definition) is 3. The number of aromatic nitrogens is 2. The van der Waals surface area contributed by atoms with Crippen LogP contribution in [0.3, 0.4) is 0 Å². The van der Waals surface area contributed by atoms with Crippen LogP contribution in [0.15, 0.2) is 53.3 Å². The lowest BCUT2D eigenvalue weighted by atomic mass is 9.98. The summed E-state index contributed by atoms with van der Waals surface area (Å²) in [7, 11) is 0. The van der Waals surface area contributed by atoms with Crippen molar-refractivity contribution in [3.8, 4) is 5.69 Å². The second-order valence-corrected chi connectivity index (χ2v) is 6.37. The van der Waals surface area contributed by atoms with Gasteiger partial charge in [-0.2, -0.15) is 0 Å². The average molecular weight is 401 g/mol. The fourth-order valence-electron chi connectivity index (χ4n) is 2.98. The van der Waals surface area contributed by atoms with Crippen molar-refractivity contribution in [2.75, 3.05) is 0 Å². The van der Waals surface area contributed by atoms with E-state index in [0.29, 0.717) is 5.56 Å². The number of aromatic amines is 1. The molecule has 1 heterocycles. The number of halogens is 2. The van der Waals surface area contributed by atoms with E-state index >= 15 is 0 Å². The lowest BCUT2D eigenvalue weighted by Gasteiger charge is -2.19. The smallest absolute Gasteiger partial charge is 0.305 e. The first-order chi connectivity index (χ1) is 13.8. The molecule has 2 aromatic carbocycles. The SMILES string of the molecule is Cc1c(F)cccc1C(CC(=O)O)NC(=O)c1cc(=O)n(-c2ccccc2F)[nH]1. The van der Waals surface area contributed by atoms with Crippen LogP contribution in [0.5, 0.6) is 0 Å². The van der Waals surface area contributed by atoms with Crippen LogP contribution in [0.1, 0.15) is 34.1 Å². The zero-order chi connectivity index (χ0) is 21.1. The minimum atomic E-state index is -1.20. The van der Waals surface area contributed by atoms with Gasteiger partial charge in [0.25, 0.3) is 11.5 Å². The van der Waals surface area contributed by atoms with E-state index in [-0.39, 0.29) is 16.9 Å². The summed E-state index contributed by atoms with van der Waals surface area (Å²) < 4.78 is 28.7. The molecule has 0 bridgehead atoms. The molecular weight excluding hydrogens is 384 g/mol. The maximum atomic E-state index is 13.9. The van der Waals surface area contributed by atoms with Crippen molar-refractivity contribution >= 4 is 11.9 Å². The van der Waals surface area contributed by atoms with Gasteiger partial charge < -0.3 is 10.4 Å². The number of carboxylic acid groups (broad SMARTS) is 1. The van der Waals surface area contributed by atoms with Gasteiger partial charge in [0.05, 0.1) is 12.5 Å². The number of hydrogen-bond acceptors (Lipinski definition) is 3. The molecule has 29 heavy (non-hydrogen) atoms. The largest absolute Gasteiger partial charge is 0.481 e. The van der Waals surface area contributed by atoms with Crippen molar-refractivity contribution in [1.29, 1.82) is 0 Å². The van der Waals surface area contributed by atoms with Crippen LogP contribution in [0.2, 0.25) is 0 Å². The highest BCUT2D eigenvalue weighted by molar-refractivity contribution is 5.92. The number of para-hydroxylation sites is 1. The summed E-state index contributed by atoms with van der Waals surface area (Å²) >= 11 is 0. The molecule has 7 nitrogen and oxygen atoms in total. The molecule has 1 unspecified atom stereocenters. The molecule has 1 amide bonds. The second kappa shape index (κ2) is 8.09. The highest BCUT2D eigenvalue weighted by Gasteiger charge is 2.23. The number of carbonyl (C=O) groups is 2. The van der Waals surface area contributed by atoms with Crippen LogP contribution >= 0.6 is 0 Å². The first-order valence-electron chi connectivity index (χ1n) is 8.62. The van der Waals surface area contributed by atoms with Gasteiger partial charge in [-0.1, -0.05) is 24.3 Å². The summed E-state index contributed by atoms with van der Waals surface area (Å²) in [5.74, 6) is -3.18. The van der Waals surface area contributed by atoms with Crippen molar-refractivity contribution in [3.05, 3.63) is 87.3 Å². The van der Waals surface area contributed by atoms with Crippen LogP contribution < -0.4 is 10.9 Å². The van der Waals surface area contributed by atoms with Gasteiger partial charge in [-0.3, -0.25) is 19.5 Å². The summed E-state index contributed by atoms with van der Waals surface area (Å²) in [5.41, 5.74) is -0.424. The summed E-state index contributed by atoms with van der Waals surface area (Å²) in [6, 6.07) is 9.60. The van der Waals surface area contributed by atoms with E-state index in [1.54, 1.807) is 0 Å². The predicted octanol–water partition coefficient (Wildman–Crippen LogP) is 2.70. The van der Waals surface area contributed by atoms with Crippen molar-refractivity contribution in [2.24, 2.45) is 0 Å². The van der Waals surface area contributed by atoms with Gasteiger partial charge in [0.15, 0.2) is 0 Å². The van der Waals surface area contributed by atoms with Gasteiger partial charge in [0, 0.05) is 6.07 Å². The summed E-state index contributed by atoms with van der Waals surface area (Å²) in [6.07, 6.45) is -0.492. The first-order valence-corrected chi connectivity index (χ1v) is 8.62. The van der Waals surface area contributed by atoms with Crippen molar-refractivity contribution < 1.29 is 23.5 Å². The highest BCUT2D eigenvalue weighted by atomic mass is 19.1. The number of rotatable bonds is 6. The van der Waals surface area contributed by atoms with Crippen LogP contribution in [-0.2, 0) is 4.79 Å². The minimum Gasteiger partial charge on any atom is -0.481 e. The quantitative estimate of drug-likeness (QED) is 0.591.